The van der Waals surface area contributed by atoms with Gasteiger partial charge in [0.25, 0.3) is 11.2 Å². The van der Waals surface area contributed by atoms with Crippen LogP contribution in [-0.2, 0) is 4.74 Å². The maximum absolute atomic E-state index is 13.1. The van der Waals surface area contributed by atoms with Crippen LogP contribution in [0.3, 0.4) is 0 Å². The molecule has 2 aromatic carbocycles. The molecule has 2 aliphatic heterocycles. The van der Waals surface area contributed by atoms with Gasteiger partial charge in [0.1, 0.15) is 17.0 Å². The van der Waals surface area contributed by atoms with Gasteiger partial charge in [0.15, 0.2) is 0 Å². The minimum atomic E-state index is -0.666. The van der Waals surface area contributed by atoms with Gasteiger partial charge in [-0.3, -0.25) is 14.9 Å². The third-order valence-corrected chi connectivity index (χ3v) is 4.75. The van der Waals surface area contributed by atoms with Crippen molar-refractivity contribution in [2.45, 2.75) is 0 Å². The summed E-state index contributed by atoms with van der Waals surface area (Å²) in [6.45, 7) is 0. The normalized spacial score (nSPS) is 10.8. The van der Waals surface area contributed by atoms with Crippen LogP contribution in [0.2, 0.25) is 0 Å². The summed E-state index contributed by atoms with van der Waals surface area (Å²) in [5, 5.41) is 15.2. The Labute approximate surface area is 175 Å². The maximum Gasteiger partial charge on any atom is 0.341 e. The van der Waals surface area contributed by atoms with Crippen molar-refractivity contribution in [3.63, 3.8) is 0 Å². The molecule has 0 aromatic heterocycles. The zero-order valence-electron chi connectivity index (χ0n) is 16.5. The summed E-state index contributed by atoms with van der Waals surface area (Å²) in [4.78, 5) is 35.9. The number of non-ortho nitro benzene ring substituents is 1. The van der Waals surface area contributed by atoms with Crippen LogP contribution in [0.25, 0.3) is 22.6 Å². The van der Waals surface area contributed by atoms with Crippen LogP contribution < -0.4 is 10.3 Å². The van der Waals surface area contributed by atoms with Crippen LogP contribution in [0.4, 0.5) is 5.69 Å². The molecule has 0 unspecified atom stereocenters. The number of nitro benzene ring substituents is 1. The van der Waals surface area contributed by atoms with Crippen molar-refractivity contribution in [2.24, 2.45) is 0 Å². The summed E-state index contributed by atoms with van der Waals surface area (Å²) in [6, 6.07) is 12.4. The Morgan fingerprint density at radius 2 is 1.65 bits per heavy atom. The van der Waals surface area contributed by atoms with E-state index in [2.05, 4.69) is 5.10 Å². The van der Waals surface area contributed by atoms with E-state index in [1.807, 2.05) is 0 Å². The van der Waals surface area contributed by atoms with E-state index in [4.69, 9.17) is 9.47 Å². The van der Waals surface area contributed by atoms with Crippen LogP contribution >= 0.6 is 0 Å². The van der Waals surface area contributed by atoms with E-state index in [0.717, 1.165) is 0 Å². The van der Waals surface area contributed by atoms with Crippen molar-refractivity contribution in [3.05, 3.63) is 87.0 Å². The van der Waals surface area contributed by atoms with Gasteiger partial charge in [0.2, 0.25) is 0 Å². The number of carbonyl (C=O) groups is 1. The molecular weight excluding hydrogens is 404 g/mol. The number of methoxy groups -OCH3 is 2. The first-order valence-corrected chi connectivity index (χ1v) is 9.05. The van der Waals surface area contributed by atoms with Crippen LogP contribution in [0.15, 0.2) is 65.7 Å². The molecular formula is C21H16N4O6. The number of nitro groups is 1. The van der Waals surface area contributed by atoms with Crippen molar-refractivity contribution in [2.75, 3.05) is 14.2 Å². The van der Waals surface area contributed by atoms with Gasteiger partial charge in [-0.2, -0.15) is 9.78 Å². The molecule has 10 heteroatoms. The molecule has 0 fully saturated rings. The molecule has 0 saturated carbocycles. The number of carbonyl (C=O) groups excluding carboxylic acids is 1. The summed E-state index contributed by atoms with van der Waals surface area (Å²) in [5.74, 6) is -0.0418. The zero-order chi connectivity index (χ0) is 22.1. The number of fused-ring (bicyclic) bond motifs is 1. The first-order chi connectivity index (χ1) is 14.9. The molecule has 2 aromatic rings. The average molecular weight is 420 g/mol. The molecule has 31 heavy (non-hydrogen) atoms. The molecule has 0 radical (unpaired) electrons. The molecule has 156 valence electrons. The van der Waals surface area contributed by atoms with Crippen LogP contribution in [0, 0.1) is 10.1 Å². The number of hydrogen-bond donors (Lipinski definition) is 0. The number of hydrogen-bond acceptors (Lipinski definition) is 7. The van der Waals surface area contributed by atoms with E-state index in [-0.39, 0.29) is 22.5 Å². The molecule has 0 atom stereocenters. The quantitative estimate of drug-likeness (QED) is 0.277. The summed E-state index contributed by atoms with van der Waals surface area (Å²) in [5.41, 5.74) is 0.983. The second-order valence-electron chi connectivity index (χ2n) is 6.52. The van der Waals surface area contributed by atoms with E-state index in [9.17, 15) is 19.7 Å². The molecule has 0 aliphatic carbocycles. The van der Waals surface area contributed by atoms with E-state index >= 15 is 0 Å². The minimum absolute atomic E-state index is 0.0736. The molecule has 2 heterocycles. The lowest BCUT2D eigenvalue weighted by Gasteiger charge is -2.11. The maximum atomic E-state index is 13.1. The smallest absolute Gasteiger partial charge is 0.341 e. The highest BCUT2D eigenvalue weighted by Gasteiger charge is 2.25. The van der Waals surface area contributed by atoms with E-state index in [1.165, 1.54) is 60.1 Å². The van der Waals surface area contributed by atoms with Gasteiger partial charge in [-0.1, -0.05) is 0 Å². The van der Waals surface area contributed by atoms with Gasteiger partial charge in [0, 0.05) is 30.2 Å². The van der Waals surface area contributed by atoms with Gasteiger partial charge in [-0.05, 0) is 36.4 Å². The fraction of sp³-hybridized carbons (Fsp3) is 0.0952. The highest BCUT2D eigenvalue weighted by Crippen LogP contribution is 2.26. The number of rotatable bonds is 5. The van der Waals surface area contributed by atoms with Crippen LogP contribution in [-0.4, -0.2) is 39.5 Å². The Morgan fingerprint density at radius 1 is 1.00 bits per heavy atom. The Balaban J connectivity index is 1.91. The fourth-order valence-corrected chi connectivity index (χ4v) is 3.16. The summed E-state index contributed by atoms with van der Waals surface area (Å²) in [7, 11) is 2.77. The predicted octanol–water partition coefficient (Wildman–Crippen LogP) is 2.83. The monoisotopic (exact) mass is 420 g/mol. The lowest BCUT2D eigenvalue weighted by molar-refractivity contribution is -0.384. The Bertz CT molecular complexity index is 1310. The first kappa shape index (κ1) is 19.8. The number of benzene rings is 2. The second kappa shape index (κ2) is 7.75. The van der Waals surface area contributed by atoms with Crippen molar-refractivity contribution in [1.82, 2.24) is 14.3 Å². The number of pyridine rings is 1. The van der Waals surface area contributed by atoms with Gasteiger partial charge in [0.05, 0.1) is 30.4 Å². The SMILES string of the molecule is COC(=O)c1cn(-c2ccc([N+](=O)[O-])cc2)cc2c(=O)n(-c3ccc(OC)cc3)nc1-2. The highest BCUT2D eigenvalue weighted by molar-refractivity contribution is 5.96. The zero-order valence-corrected chi connectivity index (χ0v) is 16.5. The summed E-state index contributed by atoms with van der Waals surface area (Å²) >= 11 is 0. The topological polar surface area (TPSA) is 118 Å². The van der Waals surface area contributed by atoms with E-state index in [1.54, 1.807) is 24.3 Å². The lowest BCUT2D eigenvalue weighted by Crippen LogP contribution is -2.15. The van der Waals surface area contributed by atoms with Crippen molar-refractivity contribution >= 4 is 11.7 Å². The van der Waals surface area contributed by atoms with Crippen molar-refractivity contribution in [3.8, 4) is 28.4 Å². The molecule has 0 spiro atoms. The highest BCUT2D eigenvalue weighted by atomic mass is 16.6. The van der Waals surface area contributed by atoms with Crippen molar-refractivity contribution < 1.29 is 19.2 Å². The first-order valence-electron chi connectivity index (χ1n) is 9.05. The summed E-state index contributed by atoms with van der Waals surface area (Å²) < 4.78 is 12.7. The molecule has 0 N–H and O–H groups in total. The van der Waals surface area contributed by atoms with Gasteiger partial charge in [-0.25, -0.2) is 4.79 Å². The average Bonchev–Trinajstić information content (AvgIpc) is 3.14. The lowest BCUT2D eigenvalue weighted by atomic mass is 10.1. The standard InChI is InChI=1S/C21H16N4O6/c1-30-16-9-7-14(8-10-16)24-20(26)17-11-23(12-18(19(17)22-24)21(27)31-2)13-3-5-15(6-4-13)25(28)29/h3-12H,1-2H3. The molecule has 0 saturated heterocycles. The third-order valence-electron chi connectivity index (χ3n) is 4.75. The van der Waals surface area contributed by atoms with Crippen molar-refractivity contribution in [1.29, 1.82) is 0 Å². The molecule has 10 nitrogen and oxygen atoms in total. The molecule has 0 bridgehead atoms. The third kappa shape index (κ3) is 3.50. The fourth-order valence-electron chi connectivity index (χ4n) is 3.16. The number of aromatic nitrogens is 3. The second-order valence-corrected chi connectivity index (χ2v) is 6.52. The van der Waals surface area contributed by atoms with Crippen LogP contribution in [0.5, 0.6) is 5.75 Å². The van der Waals surface area contributed by atoms with E-state index < -0.39 is 16.5 Å². The molecule has 4 rings (SSSR count). The Morgan fingerprint density at radius 3 is 2.23 bits per heavy atom. The van der Waals surface area contributed by atoms with Crippen LogP contribution in [0.1, 0.15) is 10.4 Å². The molecule has 0 amide bonds. The molecule has 2 aliphatic rings. The number of esters is 1. The van der Waals surface area contributed by atoms with Gasteiger partial charge < -0.3 is 14.0 Å². The summed E-state index contributed by atoms with van der Waals surface area (Å²) in [6.07, 6.45) is 3.00. The van der Waals surface area contributed by atoms with E-state index in [0.29, 0.717) is 17.1 Å². The predicted molar refractivity (Wildman–Crippen MR) is 110 cm³/mol. The Hall–Kier alpha value is -4.47. The largest absolute Gasteiger partial charge is 0.497 e. The number of nitrogens with zero attached hydrogens (tertiary/aromatic N) is 4. The van der Waals surface area contributed by atoms with Gasteiger partial charge >= 0.3 is 5.97 Å². The van der Waals surface area contributed by atoms with Gasteiger partial charge in [-0.15, -0.1) is 0 Å². The number of ether oxygens (including phenoxy) is 2. The Kier molecular flexibility index (Phi) is 4.96. The minimum Gasteiger partial charge on any atom is -0.497 e.